The highest BCUT2D eigenvalue weighted by Crippen LogP contribution is 2.31. The fraction of sp³-hybridized carbons (Fsp3) is 0.300. The van der Waals surface area contributed by atoms with Crippen molar-refractivity contribution in [2.75, 3.05) is 19.6 Å². The Morgan fingerprint density at radius 1 is 0.919 bits per heavy atom. The van der Waals surface area contributed by atoms with Crippen molar-refractivity contribution in [3.8, 4) is 0 Å². The van der Waals surface area contributed by atoms with E-state index in [-0.39, 0.29) is 5.91 Å². The number of carbonyl (C=O) groups excluding carboxylic acids is 1. The number of benzene rings is 3. The van der Waals surface area contributed by atoms with E-state index in [4.69, 9.17) is 23.2 Å². The second-order valence-electron chi connectivity index (χ2n) is 9.49. The number of rotatable bonds is 9. The fourth-order valence-corrected chi connectivity index (χ4v) is 6.40. The van der Waals surface area contributed by atoms with Gasteiger partial charge in [-0.25, -0.2) is 0 Å². The first-order valence-electron chi connectivity index (χ1n) is 12.8. The summed E-state index contributed by atoms with van der Waals surface area (Å²) in [6.45, 7) is 4.63. The van der Waals surface area contributed by atoms with E-state index in [1.807, 2.05) is 72.6 Å². The van der Waals surface area contributed by atoms with E-state index in [0.717, 1.165) is 54.1 Å². The molecule has 0 aliphatic carbocycles. The Hall–Kier alpha value is -2.44. The predicted molar refractivity (Wildman–Crippen MR) is 156 cm³/mol. The standard InChI is InChI=1S/C30H31Cl2N3OS/c31-23-10-12-24(13-11-23)37-25-14-18-34(19-15-25)16-5-17-35-21-27(26-7-2-4-9-29(26)35)30(36)33-20-22-6-1-3-8-28(22)32/h1-4,6-13,21,25H,5,14-20H2,(H,33,36). The van der Waals surface area contributed by atoms with E-state index in [2.05, 4.69) is 33.0 Å². The Labute approximate surface area is 232 Å². The van der Waals surface area contributed by atoms with Crippen molar-refractivity contribution >= 4 is 51.8 Å². The number of hydrogen-bond donors (Lipinski definition) is 1. The smallest absolute Gasteiger partial charge is 0.253 e. The zero-order valence-corrected chi connectivity index (χ0v) is 23.0. The van der Waals surface area contributed by atoms with Gasteiger partial charge in [-0.05, 0) is 80.9 Å². The van der Waals surface area contributed by atoms with Crippen molar-refractivity contribution in [1.29, 1.82) is 0 Å². The summed E-state index contributed by atoms with van der Waals surface area (Å²) >= 11 is 14.2. The molecule has 7 heteroatoms. The van der Waals surface area contributed by atoms with Gasteiger partial charge < -0.3 is 14.8 Å². The van der Waals surface area contributed by atoms with Crippen LogP contribution in [0.5, 0.6) is 0 Å². The van der Waals surface area contributed by atoms with Gasteiger partial charge in [0.1, 0.15) is 0 Å². The number of para-hydroxylation sites is 1. The van der Waals surface area contributed by atoms with Crippen LogP contribution in [0.3, 0.4) is 0 Å². The second kappa shape index (κ2) is 12.4. The maximum absolute atomic E-state index is 13.1. The Balaban J connectivity index is 1.14. The van der Waals surface area contributed by atoms with Crippen molar-refractivity contribution in [1.82, 2.24) is 14.8 Å². The van der Waals surface area contributed by atoms with Crippen LogP contribution in [0, 0.1) is 0 Å². The van der Waals surface area contributed by atoms with Crippen LogP contribution in [0.2, 0.25) is 10.0 Å². The molecule has 0 bridgehead atoms. The molecule has 5 rings (SSSR count). The SMILES string of the molecule is O=C(NCc1ccccc1Cl)c1cn(CCCN2CCC(Sc3ccc(Cl)cc3)CC2)c2ccccc12. The van der Waals surface area contributed by atoms with Crippen molar-refractivity contribution in [2.24, 2.45) is 0 Å². The minimum Gasteiger partial charge on any atom is -0.348 e. The van der Waals surface area contributed by atoms with Gasteiger partial charge in [-0.2, -0.15) is 0 Å². The van der Waals surface area contributed by atoms with Gasteiger partial charge in [-0.3, -0.25) is 4.79 Å². The number of carbonyl (C=O) groups is 1. The summed E-state index contributed by atoms with van der Waals surface area (Å²) in [5, 5.41) is 6.15. The van der Waals surface area contributed by atoms with Crippen molar-refractivity contribution < 1.29 is 4.79 Å². The zero-order chi connectivity index (χ0) is 25.6. The Morgan fingerprint density at radius 3 is 2.43 bits per heavy atom. The van der Waals surface area contributed by atoms with Gasteiger partial charge in [0.05, 0.1) is 5.56 Å². The summed E-state index contributed by atoms with van der Waals surface area (Å²) in [5.74, 6) is -0.0740. The zero-order valence-electron chi connectivity index (χ0n) is 20.7. The van der Waals surface area contributed by atoms with E-state index >= 15 is 0 Å². The van der Waals surface area contributed by atoms with Gasteiger partial charge in [0.2, 0.25) is 0 Å². The van der Waals surface area contributed by atoms with Crippen LogP contribution in [-0.2, 0) is 13.1 Å². The highest BCUT2D eigenvalue weighted by atomic mass is 35.5. The highest BCUT2D eigenvalue weighted by Gasteiger charge is 2.20. The quantitative estimate of drug-likeness (QED) is 0.233. The lowest BCUT2D eigenvalue weighted by atomic mass is 10.1. The van der Waals surface area contributed by atoms with Gasteiger partial charge in [0.15, 0.2) is 0 Å². The topological polar surface area (TPSA) is 37.3 Å². The number of likely N-dealkylation sites (tertiary alicyclic amines) is 1. The number of aryl methyl sites for hydroxylation is 1. The van der Waals surface area contributed by atoms with Crippen LogP contribution in [0.25, 0.3) is 10.9 Å². The molecule has 1 aliphatic rings. The summed E-state index contributed by atoms with van der Waals surface area (Å²) in [5.41, 5.74) is 2.72. The Morgan fingerprint density at radius 2 is 1.65 bits per heavy atom. The maximum atomic E-state index is 13.1. The number of hydrogen-bond acceptors (Lipinski definition) is 3. The van der Waals surface area contributed by atoms with Crippen LogP contribution in [0.15, 0.2) is 83.9 Å². The summed E-state index contributed by atoms with van der Waals surface area (Å²) in [6, 6.07) is 23.9. The van der Waals surface area contributed by atoms with E-state index in [1.165, 1.54) is 17.7 Å². The molecule has 1 aromatic heterocycles. The summed E-state index contributed by atoms with van der Waals surface area (Å²) < 4.78 is 2.23. The Kier molecular flexibility index (Phi) is 8.78. The number of nitrogens with one attached hydrogen (secondary N) is 1. The first kappa shape index (κ1) is 26.2. The molecular weight excluding hydrogens is 521 g/mol. The number of halogens is 2. The monoisotopic (exact) mass is 551 g/mol. The molecule has 2 heterocycles. The molecule has 0 spiro atoms. The van der Waals surface area contributed by atoms with Crippen molar-refractivity contribution in [2.45, 2.75) is 42.5 Å². The predicted octanol–water partition coefficient (Wildman–Crippen LogP) is 7.52. The van der Waals surface area contributed by atoms with Crippen LogP contribution >= 0.6 is 35.0 Å². The molecule has 3 aromatic carbocycles. The molecule has 0 unspecified atom stereocenters. The van der Waals surface area contributed by atoms with Gasteiger partial charge >= 0.3 is 0 Å². The third kappa shape index (κ3) is 6.71. The minimum absolute atomic E-state index is 0.0740. The molecule has 1 N–H and O–H groups in total. The van der Waals surface area contributed by atoms with Gasteiger partial charge in [0, 0.05) is 50.4 Å². The number of nitrogens with zero attached hydrogens (tertiary/aromatic N) is 2. The number of amides is 1. The minimum atomic E-state index is -0.0740. The average molecular weight is 553 g/mol. The molecule has 0 atom stereocenters. The largest absolute Gasteiger partial charge is 0.348 e. The lowest BCUT2D eigenvalue weighted by Crippen LogP contribution is -2.35. The van der Waals surface area contributed by atoms with Crippen molar-refractivity contribution in [3.05, 3.63) is 100 Å². The lowest BCUT2D eigenvalue weighted by molar-refractivity contribution is 0.0952. The molecule has 4 nitrogen and oxygen atoms in total. The normalized spacial score (nSPS) is 14.8. The van der Waals surface area contributed by atoms with Gasteiger partial charge in [-0.15, -0.1) is 11.8 Å². The highest BCUT2D eigenvalue weighted by molar-refractivity contribution is 8.00. The van der Waals surface area contributed by atoms with E-state index in [1.54, 1.807) is 0 Å². The Bertz CT molecular complexity index is 1350. The first-order valence-corrected chi connectivity index (χ1v) is 14.4. The molecule has 192 valence electrons. The summed E-state index contributed by atoms with van der Waals surface area (Å²) in [6.07, 6.45) is 5.46. The molecule has 1 saturated heterocycles. The molecular formula is C30H31Cl2N3OS. The van der Waals surface area contributed by atoms with E-state index < -0.39 is 0 Å². The van der Waals surface area contributed by atoms with E-state index in [0.29, 0.717) is 22.4 Å². The molecule has 0 radical (unpaired) electrons. The van der Waals surface area contributed by atoms with Gasteiger partial charge in [-0.1, -0.05) is 59.6 Å². The average Bonchev–Trinajstić information content (AvgIpc) is 3.29. The lowest BCUT2D eigenvalue weighted by Gasteiger charge is -2.31. The number of thioether (sulfide) groups is 1. The summed E-state index contributed by atoms with van der Waals surface area (Å²) in [4.78, 5) is 16.9. The second-order valence-corrected chi connectivity index (χ2v) is 11.7. The molecule has 1 fully saturated rings. The number of fused-ring (bicyclic) bond motifs is 1. The number of piperidine rings is 1. The van der Waals surface area contributed by atoms with E-state index in [9.17, 15) is 4.79 Å². The molecule has 1 amide bonds. The summed E-state index contributed by atoms with van der Waals surface area (Å²) in [7, 11) is 0. The molecule has 0 saturated carbocycles. The molecule has 4 aromatic rings. The van der Waals surface area contributed by atoms with Gasteiger partial charge in [0.25, 0.3) is 5.91 Å². The number of aromatic nitrogens is 1. The van der Waals surface area contributed by atoms with Crippen LogP contribution in [0.4, 0.5) is 0 Å². The van der Waals surface area contributed by atoms with Crippen LogP contribution in [-0.4, -0.2) is 40.3 Å². The fourth-order valence-electron chi connectivity index (χ4n) is 4.95. The molecule has 37 heavy (non-hydrogen) atoms. The van der Waals surface area contributed by atoms with Crippen molar-refractivity contribution in [3.63, 3.8) is 0 Å². The third-order valence-corrected chi connectivity index (χ3v) is 8.92. The first-order chi connectivity index (χ1) is 18.1. The maximum Gasteiger partial charge on any atom is 0.253 e. The van der Waals surface area contributed by atoms with Crippen LogP contribution < -0.4 is 5.32 Å². The third-order valence-electron chi connectivity index (χ3n) is 6.95. The van der Waals surface area contributed by atoms with Crippen LogP contribution in [0.1, 0.15) is 35.2 Å². The molecule has 1 aliphatic heterocycles.